The van der Waals surface area contributed by atoms with Gasteiger partial charge in [0.25, 0.3) is 0 Å². The van der Waals surface area contributed by atoms with Crippen LogP contribution < -0.4 is 0 Å². The van der Waals surface area contributed by atoms with Crippen molar-refractivity contribution in [2.24, 2.45) is 0 Å². The molecule has 38 valence electrons. The Morgan fingerprint density at radius 1 is 1.67 bits per heavy atom. The Hall–Kier alpha value is 0.660. The minimum Gasteiger partial charge on any atom is -0.330 e. The molecule has 0 fully saturated rings. The number of hydrogen-bond donors (Lipinski definition) is 2. The molecule has 0 saturated carbocycles. The molecule has 1 N–H and O–H groups in total. The van der Waals surface area contributed by atoms with Crippen molar-refractivity contribution in [1.82, 2.24) is 0 Å². The van der Waals surface area contributed by atoms with E-state index in [1.165, 1.54) is 0 Å². The average molecular weight is 124 g/mol. The van der Waals surface area contributed by atoms with Crippen molar-refractivity contribution < 1.29 is 4.55 Å². The van der Waals surface area contributed by atoms with Gasteiger partial charge in [0.2, 0.25) is 0 Å². The highest BCUT2D eigenvalue weighted by Crippen LogP contribution is 1.94. The molecule has 3 heteroatoms. The lowest BCUT2D eigenvalue weighted by Gasteiger charge is -1.84. The minimum absolute atomic E-state index is 0.809. The molecule has 0 spiro atoms. The summed E-state index contributed by atoms with van der Waals surface area (Å²) in [5, 5.41) is 0. The van der Waals surface area contributed by atoms with E-state index >= 15 is 0 Å². The van der Waals surface area contributed by atoms with Crippen molar-refractivity contribution in [3.63, 3.8) is 0 Å². The zero-order chi connectivity index (χ0) is 4.83. The smallest absolute Gasteiger partial charge is 0.0203 e. The maximum absolute atomic E-state index is 8.08. The third kappa shape index (κ3) is 4.66. The zero-order valence-corrected chi connectivity index (χ0v) is 5.13. The molecule has 6 heavy (non-hydrogen) atoms. The van der Waals surface area contributed by atoms with Crippen LogP contribution in [0.15, 0.2) is 0 Å². The molecular formula is C3H8OS2. The van der Waals surface area contributed by atoms with Crippen LogP contribution in [0.5, 0.6) is 0 Å². The van der Waals surface area contributed by atoms with E-state index < -0.39 is 0 Å². The Kier molecular flexibility index (Phi) is 6.28. The molecule has 0 aliphatic heterocycles. The van der Waals surface area contributed by atoms with Gasteiger partial charge in [0, 0.05) is 5.75 Å². The van der Waals surface area contributed by atoms with E-state index in [0.29, 0.717) is 0 Å². The largest absolute Gasteiger partial charge is 0.330 e. The molecule has 0 bridgehead atoms. The first-order valence-corrected chi connectivity index (χ1v) is 3.36. The van der Waals surface area contributed by atoms with Gasteiger partial charge in [-0.3, -0.25) is 0 Å². The van der Waals surface area contributed by atoms with Gasteiger partial charge in [0.15, 0.2) is 0 Å². The molecule has 1 nitrogen and oxygen atoms in total. The van der Waals surface area contributed by atoms with Crippen LogP contribution in [0.25, 0.3) is 0 Å². The second-order valence-electron chi connectivity index (χ2n) is 0.910. The van der Waals surface area contributed by atoms with E-state index in [4.69, 9.17) is 4.55 Å². The third-order valence-electron chi connectivity index (χ3n) is 0.394. The van der Waals surface area contributed by atoms with E-state index in [1.807, 2.05) is 0 Å². The summed E-state index contributed by atoms with van der Waals surface area (Å²) < 4.78 is 8.08. The van der Waals surface area contributed by atoms with E-state index in [1.54, 1.807) is 0 Å². The molecule has 0 aromatic heterocycles. The Labute approximate surface area is 47.8 Å². The monoisotopic (exact) mass is 124 g/mol. The highest BCUT2D eigenvalue weighted by Gasteiger charge is 1.77. The third-order valence-corrected chi connectivity index (χ3v) is 1.18. The lowest BCUT2D eigenvalue weighted by atomic mass is 10.6. The first-order chi connectivity index (χ1) is 2.91. The van der Waals surface area contributed by atoms with Crippen LogP contribution in [0.4, 0.5) is 0 Å². The van der Waals surface area contributed by atoms with Crippen molar-refractivity contribution in [3.8, 4) is 0 Å². The molecule has 0 aromatic carbocycles. The average Bonchev–Trinajstić information content (AvgIpc) is 1.61. The first-order valence-electron chi connectivity index (χ1n) is 1.79. The molecule has 0 saturated heterocycles. The topological polar surface area (TPSA) is 20.2 Å². The van der Waals surface area contributed by atoms with Crippen LogP contribution in [-0.4, -0.2) is 16.1 Å². The van der Waals surface area contributed by atoms with Gasteiger partial charge in [-0.1, -0.05) is 0 Å². The standard InChI is InChI=1S/C3H8OS2/c4-6-3-1-2-5/h4-5H,1-3H2. The molecule has 0 heterocycles. The Bertz CT molecular complexity index is 20.8. The molecule has 0 rings (SSSR count). The van der Waals surface area contributed by atoms with Gasteiger partial charge in [-0.2, -0.15) is 12.6 Å². The number of thiol groups is 1. The summed E-state index contributed by atoms with van der Waals surface area (Å²) >= 11 is 4.81. The Morgan fingerprint density at radius 2 is 2.33 bits per heavy atom. The van der Waals surface area contributed by atoms with Crippen LogP contribution in [-0.2, 0) is 0 Å². The summed E-state index contributed by atoms with van der Waals surface area (Å²) in [6.07, 6.45) is 0.990. The van der Waals surface area contributed by atoms with Crippen LogP contribution in [0, 0.1) is 0 Å². The molecule has 0 aliphatic rings. The predicted octanol–water partition coefficient (Wildman–Crippen LogP) is 1.51. The van der Waals surface area contributed by atoms with E-state index in [9.17, 15) is 0 Å². The van der Waals surface area contributed by atoms with Crippen LogP contribution in [0.3, 0.4) is 0 Å². The molecule has 0 radical (unpaired) electrons. The summed E-state index contributed by atoms with van der Waals surface area (Å²) in [7, 11) is 0. The summed E-state index contributed by atoms with van der Waals surface area (Å²) in [5.74, 6) is 1.68. The fourth-order valence-corrected chi connectivity index (χ4v) is 0.775. The fourth-order valence-electron chi connectivity index (χ4n) is 0.129. The van der Waals surface area contributed by atoms with Gasteiger partial charge in [0.1, 0.15) is 0 Å². The van der Waals surface area contributed by atoms with Crippen LogP contribution in [0.2, 0.25) is 0 Å². The molecule has 0 aliphatic carbocycles. The molecule has 0 atom stereocenters. The molecule has 0 unspecified atom stereocenters. The lowest BCUT2D eigenvalue weighted by molar-refractivity contribution is 0.662. The quantitative estimate of drug-likeness (QED) is 0.338. The summed E-state index contributed by atoms with van der Waals surface area (Å²) in [6, 6.07) is 0. The second-order valence-corrected chi connectivity index (χ2v) is 2.02. The minimum atomic E-state index is 0.809. The predicted molar refractivity (Wildman–Crippen MR) is 33.6 cm³/mol. The van der Waals surface area contributed by atoms with Crippen LogP contribution in [0.1, 0.15) is 6.42 Å². The molecule has 0 amide bonds. The van der Waals surface area contributed by atoms with E-state index in [-0.39, 0.29) is 0 Å². The highest BCUT2D eigenvalue weighted by molar-refractivity contribution is 7.93. The normalized spacial score (nSPS) is 9.00. The van der Waals surface area contributed by atoms with Gasteiger partial charge >= 0.3 is 0 Å². The van der Waals surface area contributed by atoms with Gasteiger partial charge < -0.3 is 4.55 Å². The summed E-state index contributed by atoms with van der Waals surface area (Å²) in [6.45, 7) is 0. The summed E-state index contributed by atoms with van der Waals surface area (Å²) in [5.41, 5.74) is 0. The second kappa shape index (κ2) is 5.66. The van der Waals surface area contributed by atoms with E-state index in [2.05, 4.69) is 12.6 Å². The lowest BCUT2D eigenvalue weighted by Crippen LogP contribution is -1.76. The van der Waals surface area contributed by atoms with Crippen molar-refractivity contribution >= 4 is 24.7 Å². The highest BCUT2D eigenvalue weighted by atomic mass is 32.2. The van der Waals surface area contributed by atoms with Crippen molar-refractivity contribution in [1.29, 1.82) is 0 Å². The van der Waals surface area contributed by atoms with Gasteiger partial charge in [0.05, 0.1) is 0 Å². The van der Waals surface area contributed by atoms with E-state index in [0.717, 1.165) is 30.0 Å². The number of hydrogen-bond acceptors (Lipinski definition) is 3. The maximum Gasteiger partial charge on any atom is 0.0203 e. The SMILES string of the molecule is OSCCCS. The molecule has 0 aromatic rings. The van der Waals surface area contributed by atoms with Gasteiger partial charge in [-0.15, -0.1) is 0 Å². The zero-order valence-electron chi connectivity index (χ0n) is 3.42. The van der Waals surface area contributed by atoms with Gasteiger partial charge in [-0.05, 0) is 24.2 Å². The Morgan fingerprint density at radius 3 is 2.50 bits per heavy atom. The fraction of sp³-hybridized carbons (Fsp3) is 1.00. The number of rotatable bonds is 3. The van der Waals surface area contributed by atoms with Crippen molar-refractivity contribution in [2.45, 2.75) is 6.42 Å². The first kappa shape index (κ1) is 6.66. The maximum atomic E-state index is 8.08. The summed E-state index contributed by atoms with van der Waals surface area (Å²) in [4.78, 5) is 0. The van der Waals surface area contributed by atoms with Gasteiger partial charge in [-0.25, -0.2) is 0 Å². The van der Waals surface area contributed by atoms with Crippen molar-refractivity contribution in [2.75, 3.05) is 11.5 Å². The Balaban J connectivity index is 2.34. The molecular weight excluding hydrogens is 116 g/mol. The van der Waals surface area contributed by atoms with Crippen molar-refractivity contribution in [3.05, 3.63) is 0 Å². The van der Waals surface area contributed by atoms with Crippen LogP contribution >= 0.6 is 24.7 Å².